The second-order valence-corrected chi connectivity index (χ2v) is 6.31. The van der Waals surface area contributed by atoms with Crippen molar-refractivity contribution in [3.8, 4) is 0 Å². The number of rotatable bonds is 6. The van der Waals surface area contributed by atoms with Gasteiger partial charge in [-0.2, -0.15) is 0 Å². The zero-order chi connectivity index (χ0) is 13.9. The lowest BCUT2D eigenvalue weighted by Gasteiger charge is -2.31. The summed E-state index contributed by atoms with van der Waals surface area (Å²) >= 11 is 0. The van der Waals surface area contributed by atoms with Crippen molar-refractivity contribution in [1.29, 1.82) is 0 Å². The molecule has 112 valence electrons. The van der Waals surface area contributed by atoms with Gasteiger partial charge in [-0.3, -0.25) is 19.4 Å². The third-order valence-electron chi connectivity index (χ3n) is 4.70. The molecule has 1 saturated carbocycles. The van der Waals surface area contributed by atoms with Crippen LogP contribution in [0.3, 0.4) is 0 Å². The molecule has 5 nitrogen and oxygen atoms in total. The predicted molar refractivity (Wildman–Crippen MR) is 76.2 cm³/mol. The maximum Gasteiger partial charge on any atom is 0.229 e. The van der Waals surface area contributed by atoms with Gasteiger partial charge in [-0.15, -0.1) is 0 Å². The molecule has 3 aliphatic rings. The highest BCUT2D eigenvalue weighted by molar-refractivity contribution is 6.01. The molecular weight excluding hydrogens is 254 g/mol. The number of likely N-dealkylation sites (tertiary alicyclic amines) is 1. The minimum absolute atomic E-state index is 0.0153. The summed E-state index contributed by atoms with van der Waals surface area (Å²) < 4.78 is 0. The fourth-order valence-corrected chi connectivity index (χ4v) is 3.33. The van der Waals surface area contributed by atoms with Crippen molar-refractivity contribution < 1.29 is 9.59 Å². The van der Waals surface area contributed by atoms with Crippen molar-refractivity contribution in [3.05, 3.63) is 0 Å². The van der Waals surface area contributed by atoms with Crippen LogP contribution in [0.1, 0.15) is 44.9 Å². The zero-order valence-electron chi connectivity index (χ0n) is 12.1. The summed E-state index contributed by atoms with van der Waals surface area (Å²) in [4.78, 5) is 27.2. The number of amides is 2. The number of imide groups is 1. The highest BCUT2D eigenvalue weighted by atomic mass is 16.2. The minimum atomic E-state index is 0.0153. The Hall–Kier alpha value is -0.940. The van der Waals surface area contributed by atoms with E-state index in [1.54, 1.807) is 0 Å². The number of nitrogens with zero attached hydrogens (tertiary/aromatic N) is 2. The summed E-state index contributed by atoms with van der Waals surface area (Å²) in [6.07, 6.45) is 7.23. The molecule has 20 heavy (non-hydrogen) atoms. The summed E-state index contributed by atoms with van der Waals surface area (Å²) in [5, 5.41) is 3.59. The van der Waals surface area contributed by atoms with Gasteiger partial charge < -0.3 is 5.32 Å². The molecule has 2 aliphatic heterocycles. The zero-order valence-corrected chi connectivity index (χ0v) is 12.1. The van der Waals surface area contributed by atoms with E-state index in [0.29, 0.717) is 31.5 Å². The van der Waals surface area contributed by atoms with Crippen LogP contribution in [0.25, 0.3) is 0 Å². The van der Waals surface area contributed by atoms with Crippen LogP contribution in [0.4, 0.5) is 0 Å². The van der Waals surface area contributed by atoms with Gasteiger partial charge in [0.2, 0.25) is 11.8 Å². The SMILES string of the molecule is O=C1CCC(=O)N1CCN(CC1CCCCN1)C1CC1. The maximum absolute atomic E-state index is 11.6. The summed E-state index contributed by atoms with van der Waals surface area (Å²) in [5.74, 6) is 0.0306. The van der Waals surface area contributed by atoms with Crippen molar-refractivity contribution >= 4 is 11.8 Å². The van der Waals surface area contributed by atoms with Crippen LogP contribution in [-0.2, 0) is 9.59 Å². The molecule has 2 saturated heterocycles. The normalized spacial score (nSPS) is 27.6. The average molecular weight is 279 g/mol. The van der Waals surface area contributed by atoms with Crippen LogP contribution in [0.2, 0.25) is 0 Å². The van der Waals surface area contributed by atoms with Crippen LogP contribution in [0, 0.1) is 0 Å². The van der Waals surface area contributed by atoms with E-state index in [1.807, 2.05) is 0 Å². The van der Waals surface area contributed by atoms with E-state index in [4.69, 9.17) is 0 Å². The Kier molecular flexibility index (Phi) is 4.36. The smallest absolute Gasteiger partial charge is 0.229 e. The summed E-state index contributed by atoms with van der Waals surface area (Å²) in [6.45, 7) is 3.63. The molecule has 3 fully saturated rings. The molecule has 0 spiro atoms. The third-order valence-corrected chi connectivity index (χ3v) is 4.70. The first-order chi connectivity index (χ1) is 9.74. The number of carbonyl (C=O) groups is 2. The maximum atomic E-state index is 11.6. The Labute approximate surface area is 120 Å². The first kappa shape index (κ1) is 14.0. The first-order valence-corrected chi connectivity index (χ1v) is 8.04. The number of hydrogen-bond donors (Lipinski definition) is 1. The van der Waals surface area contributed by atoms with E-state index < -0.39 is 0 Å². The number of piperidine rings is 1. The van der Waals surface area contributed by atoms with Gasteiger partial charge in [0.25, 0.3) is 0 Å². The molecule has 3 rings (SSSR count). The van der Waals surface area contributed by atoms with Gasteiger partial charge in [0.1, 0.15) is 0 Å². The first-order valence-electron chi connectivity index (χ1n) is 8.04. The molecule has 0 aromatic rings. The van der Waals surface area contributed by atoms with Crippen LogP contribution in [0.5, 0.6) is 0 Å². The van der Waals surface area contributed by atoms with Crippen LogP contribution >= 0.6 is 0 Å². The van der Waals surface area contributed by atoms with E-state index >= 15 is 0 Å². The predicted octanol–water partition coefficient (Wildman–Crippen LogP) is 0.742. The molecule has 1 N–H and O–H groups in total. The largest absolute Gasteiger partial charge is 0.313 e. The molecule has 2 heterocycles. The lowest BCUT2D eigenvalue weighted by Crippen LogP contribution is -2.47. The van der Waals surface area contributed by atoms with Gasteiger partial charge in [-0.05, 0) is 32.2 Å². The number of carbonyl (C=O) groups excluding carboxylic acids is 2. The molecule has 1 aliphatic carbocycles. The molecule has 1 unspecified atom stereocenters. The third kappa shape index (κ3) is 3.38. The fourth-order valence-electron chi connectivity index (χ4n) is 3.33. The fraction of sp³-hybridized carbons (Fsp3) is 0.867. The van der Waals surface area contributed by atoms with E-state index in [-0.39, 0.29) is 11.8 Å². The molecule has 0 bridgehead atoms. The van der Waals surface area contributed by atoms with Gasteiger partial charge in [-0.25, -0.2) is 0 Å². The van der Waals surface area contributed by atoms with Crippen LogP contribution in [0.15, 0.2) is 0 Å². The Morgan fingerprint density at radius 3 is 2.45 bits per heavy atom. The second-order valence-electron chi connectivity index (χ2n) is 6.31. The number of hydrogen-bond acceptors (Lipinski definition) is 4. The van der Waals surface area contributed by atoms with E-state index in [0.717, 1.165) is 19.6 Å². The van der Waals surface area contributed by atoms with Gasteiger partial charge in [0, 0.05) is 44.6 Å². The summed E-state index contributed by atoms with van der Waals surface area (Å²) in [7, 11) is 0. The lowest BCUT2D eigenvalue weighted by atomic mass is 10.0. The van der Waals surface area contributed by atoms with Crippen molar-refractivity contribution in [2.75, 3.05) is 26.2 Å². The van der Waals surface area contributed by atoms with Crippen molar-refractivity contribution in [3.63, 3.8) is 0 Å². The molecule has 1 atom stereocenters. The standard InChI is InChI=1S/C15H25N3O2/c19-14-6-7-15(20)18(14)10-9-17(13-4-5-13)11-12-3-1-2-8-16-12/h12-13,16H,1-11H2. The van der Waals surface area contributed by atoms with E-state index in [2.05, 4.69) is 10.2 Å². The van der Waals surface area contributed by atoms with E-state index in [9.17, 15) is 9.59 Å². The van der Waals surface area contributed by atoms with E-state index in [1.165, 1.54) is 37.0 Å². The molecule has 0 aromatic heterocycles. The lowest BCUT2D eigenvalue weighted by molar-refractivity contribution is -0.138. The molecular formula is C15H25N3O2. The van der Waals surface area contributed by atoms with Gasteiger partial charge >= 0.3 is 0 Å². The molecule has 0 aromatic carbocycles. The topological polar surface area (TPSA) is 52.7 Å². The monoisotopic (exact) mass is 279 g/mol. The van der Waals surface area contributed by atoms with Gasteiger partial charge in [-0.1, -0.05) is 6.42 Å². The van der Waals surface area contributed by atoms with Crippen LogP contribution in [-0.4, -0.2) is 59.9 Å². The second kappa shape index (κ2) is 6.22. The highest BCUT2D eigenvalue weighted by Gasteiger charge is 2.33. The van der Waals surface area contributed by atoms with Crippen molar-refractivity contribution in [1.82, 2.24) is 15.1 Å². The highest BCUT2D eigenvalue weighted by Crippen LogP contribution is 2.27. The molecule has 5 heteroatoms. The Morgan fingerprint density at radius 1 is 1.10 bits per heavy atom. The van der Waals surface area contributed by atoms with Gasteiger partial charge in [0.15, 0.2) is 0 Å². The van der Waals surface area contributed by atoms with Crippen LogP contribution < -0.4 is 5.32 Å². The minimum Gasteiger partial charge on any atom is -0.313 e. The Bertz CT molecular complexity index is 359. The molecule has 2 amide bonds. The Balaban J connectivity index is 1.49. The Morgan fingerprint density at radius 2 is 1.85 bits per heavy atom. The number of nitrogens with one attached hydrogen (secondary N) is 1. The average Bonchev–Trinajstić information content (AvgIpc) is 3.25. The van der Waals surface area contributed by atoms with Gasteiger partial charge in [0.05, 0.1) is 0 Å². The quantitative estimate of drug-likeness (QED) is 0.729. The van der Waals surface area contributed by atoms with Crippen molar-refractivity contribution in [2.45, 2.75) is 57.0 Å². The summed E-state index contributed by atoms with van der Waals surface area (Å²) in [5.41, 5.74) is 0. The molecule has 0 radical (unpaired) electrons. The van der Waals surface area contributed by atoms with Crippen molar-refractivity contribution in [2.24, 2.45) is 0 Å². The summed E-state index contributed by atoms with van der Waals surface area (Å²) in [6, 6.07) is 1.28.